The second kappa shape index (κ2) is 9.89. The van der Waals surface area contributed by atoms with Crippen molar-refractivity contribution in [2.45, 2.75) is 0 Å². The number of carbonyl (C=O) groups is 2. The van der Waals surface area contributed by atoms with Crippen LogP contribution in [0.25, 0.3) is 0 Å². The lowest BCUT2D eigenvalue weighted by atomic mass is 10.3. The predicted molar refractivity (Wildman–Crippen MR) is 104 cm³/mol. The summed E-state index contributed by atoms with van der Waals surface area (Å²) in [5.74, 6) is -0.938. The molecule has 3 aromatic carbocycles. The van der Waals surface area contributed by atoms with E-state index >= 15 is 0 Å². The Morgan fingerprint density at radius 1 is 0.793 bits per heavy atom. The van der Waals surface area contributed by atoms with E-state index in [4.69, 9.17) is 14.2 Å². The van der Waals surface area contributed by atoms with Gasteiger partial charge >= 0.3 is 5.97 Å². The van der Waals surface area contributed by atoms with E-state index in [-0.39, 0.29) is 5.75 Å². The smallest absolute Gasteiger partial charge is 0.344 e. The number of ether oxygens (including phenoxy) is 3. The third-order valence-corrected chi connectivity index (χ3v) is 3.68. The lowest BCUT2D eigenvalue weighted by Gasteiger charge is -2.12. The number of benzene rings is 3. The summed E-state index contributed by atoms with van der Waals surface area (Å²) in [6.07, 6.45) is 0. The van der Waals surface area contributed by atoms with Gasteiger partial charge in [-0.15, -0.1) is 0 Å². The van der Waals surface area contributed by atoms with Crippen LogP contribution in [0.15, 0.2) is 78.9 Å². The fourth-order valence-electron chi connectivity index (χ4n) is 2.35. The van der Waals surface area contributed by atoms with Gasteiger partial charge in [-0.2, -0.15) is 0 Å². The van der Waals surface area contributed by atoms with Crippen molar-refractivity contribution in [1.29, 1.82) is 0 Å². The van der Waals surface area contributed by atoms with Crippen LogP contribution in [0, 0.1) is 5.82 Å². The van der Waals surface area contributed by atoms with Crippen LogP contribution in [0.5, 0.6) is 17.2 Å². The maximum atomic E-state index is 13.4. The molecule has 3 rings (SSSR count). The second-order valence-corrected chi connectivity index (χ2v) is 5.84. The minimum Gasteiger partial charge on any atom is -0.479 e. The first-order chi connectivity index (χ1) is 14.1. The van der Waals surface area contributed by atoms with Gasteiger partial charge in [0.15, 0.2) is 30.5 Å². The highest BCUT2D eigenvalue weighted by molar-refractivity contribution is 5.94. The van der Waals surface area contributed by atoms with Gasteiger partial charge in [-0.25, -0.2) is 9.18 Å². The Balaban J connectivity index is 1.49. The van der Waals surface area contributed by atoms with Crippen molar-refractivity contribution in [3.63, 3.8) is 0 Å². The van der Waals surface area contributed by atoms with E-state index < -0.39 is 30.9 Å². The van der Waals surface area contributed by atoms with E-state index in [1.165, 1.54) is 18.2 Å². The number of hydrogen-bond acceptors (Lipinski definition) is 5. The number of hydrogen-bond donors (Lipinski definition) is 1. The average molecular weight is 395 g/mol. The van der Waals surface area contributed by atoms with E-state index in [0.29, 0.717) is 17.2 Å². The molecule has 0 saturated heterocycles. The maximum absolute atomic E-state index is 13.4. The van der Waals surface area contributed by atoms with Gasteiger partial charge in [0.2, 0.25) is 0 Å². The van der Waals surface area contributed by atoms with Crippen LogP contribution in [0.2, 0.25) is 0 Å². The zero-order chi connectivity index (χ0) is 20.5. The molecule has 1 N–H and O–H groups in total. The molecule has 0 unspecified atom stereocenters. The molecule has 3 aromatic rings. The highest BCUT2D eigenvalue weighted by Crippen LogP contribution is 2.29. The molecule has 0 saturated carbocycles. The third-order valence-electron chi connectivity index (χ3n) is 3.68. The Hall–Kier alpha value is -3.87. The lowest BCUT2D eigenvalue weighted by Crippen LogP contribution is -2.24. The molecule has 148 valence electrons. The Labute approximate surface area is 166 Å². The molecule has 0 radical (unpaired) electrons. The van der Waals surface area contributed by atoms with Gasteiger partial charge in [-0.05, 0) is 36.4 Å². The summed E-state index contributed by atoms with van der Waals surface area (Å²) in [5.41, 5.74) is 0.431. The number of esters is 1. The van der Waals surface area contributed by atoms with Crippen molar-refractivity contribution in [1.82, 2.24) is 0 Å². The van der Waals surface area contributed by atoms with Gasteiger partial charge in [0.1, 0.15) is 5.75 Å². The topological polar surface area (TPSA) is 73.9 Å². The minimum absolute atomic E-state index is 0.0686. The number of carbonyl (C=O) groups excluding carboxylic acids is 2. The summed E-state index contributed by atoms with van der Waals surface area (Å²) in [7, 11) is 0. The van der Waals surface area contributed by atoms with Gasteiger partial charge in [-0.3, -0.25) is 4.79 Å². The lowest BCUT2D eigenvalue weighted by molar-refractivity contribution is -0.149. The van der Waals surface area contributed by atoms with E-state index in [1.807, 2.05) is 18.2 Å². The van der Waals surface area contributed by atoms with Crippen LogP contribution in [0.1, 0.15) is 0 Å². The summed E-state index contributed by atoms with van der Waals surface area (Å²) in [6.45, 7) is -1.03. The first-order valence-corrected chi connectivity index (χ1v) is 8.76. The molecule has 0 aliphatic carbocycles. The molecule has 0 bridgehead atoms. The van der Waals surface area contributed by atoms with Gasteiger partial charge < -0.3 is 19.5 Å². The van der Waals surface area contributed by atoms with Crippen LogP contribution >= 0.6 is 0 Å². The molecule has 0 heterocycles. The van der Waals surface area contributed by atoms with Crippen molar-refractivity contribution in [3.8, 4) is 17.2 Å². The quantitative estimate of drug-likeness (QED) is 0.579. The highest BCUT2D eigenvalue weighted by Gasteiger charge is 2.12. The fraction of sp³-hybridized carbons (Fsp3) is 0.0909. The number of para-hydroxylation sites is 4. The van der Waals surface area contributed by atoms with Crippen LogP contribution < -0.4 is 14.8 Å². The molecular formula is C22H18FNO5. The van der Waals surface area contributed by atoms with Gasteiger partial charge in [0.25, 0.3) is 5.91 Å². The Kier molecular flexibility index (Phi) is 6.78. The Morgan fingerprint density at radius 3 is 2.21 bits per heavy atom. The van der Waals surface area contributed by atoms with Crippen molar-refractivity contribution < 1.29 is 28.2 Å². The van der Waals surface area contributed by atoms with Gasteiger partial charge in [-0.1, -0.05) is 42.5 Å². The molecule has 1 amide bonds. The fourth-order valence-corrected chi connectivity index (χ4v) is 2.35. The van der Waals surface area contributed by atoms with Crippen LogP contribution in [0.3, 0.4) is 0 Å². The van der Waals surface area contributed by atoms with E-state index in [9.17, 15) is 14.0 Å². The molecule has 0 aromatic heterocycles. The third kappa shape index (κ3) is 6.07. The second-order valence-electron chi connectivity index (χ2n) is 5.84. The Morgan fingerprint density at radius 2 is 1.45 bits per heavy atom. The van der Waals surface area contributed by atoms with Crippen molar-refractivity contribution >= 4 is 17.6 Å². The molecular weight excluding hydrogens is 377 g/mol. The van der Waals surface area contributed by atoms with Crippen molar-refractivity contribution in [2.75, 3.05) is 18.5 Å². The molecule has 0 spiro atoms. The molecule has 0 fully saturated rings. The zero-order valence-electron chi connectivity index (χ0n) is 15.3. The molecule has 0 aliphatic rings. The first-order valence-electron chi connectivity index (χ1n) is 8.76. The van der Waals surface area contributed by atoms with Gasteiger partial charge in [0, 0.05) is 0 Å². The summed E-state index contributed by atoms with van der Waals surface area (Å²) < 4.78 is 29.1. The van der Waals surface area contributed by atoms with E-state index in [1.54, 1.807) is 42.5 Å². The summed E-state index contributed by atoms with van der Waals surface area (Å²) >= 11 is 0. The van der Waals surface area contributed by atoms with Crippen molar-refractivity contribution in [2.24, 2.45) is 0 Å². The molecule has 0 atom stereocenters. The predicted octanol–water partition coefficient (Wildman–Crippen LogP) is 4.18. The molecule has 7 heteroatoms. The SMILES string of the molecule is O=C(COC(=O)COc1ccccc1F)Nc1ccccc1Oc1ccccc1. The van der Waals surface area contributed by atoms with Gasteiger partial charge in [0.05, 0.1) is 5.69 Å². The molecule has 6 nitrogen and oxygen atoms in total. The number of rotatable bonds is 8. The summed E-state index contributed by atoms with van der Waals surface area (Å²) in [6, 6.07) is 21.7. The number of nitrogens with one attached hydrogen (secondary N) is 1. The largest absolute Gasteiger partial charge is 0.479 e. The van der Waals surface area contributed by atoms with Crippen molar-refractivity contribution in [3.05, 3.63) is 84.7 Å². The van der Waals surface area contributed by atoms with Crippen LogP contribution in [0.4, 0.5) is 10.1 Å². The van der Waals surface area contributed by atoms with E-state index in [2.05, 4.69) is 5.32 Å². The maximum Gasteiger partial charge on any atom is 0.344 e. The highest BCUT2D eigenvalue weighted by atomic mass is 19.1. The number of halogens is 1. The monoisotopic (exact) mass is 395 g/mol. The van der Waals surface area contributed by atoms with E-state index in [0.717, 1.165) is 0 Å². The molecule has 29 heavy (non-hydrogen) atoms. The number of amides is 1. The normalized spacial score (nSPS) is 10.1. The average Bonchev–Trinajstić information content (AvgIpc) is 2.74. The van der Waals surface area contributed by atoms with Crippen LogP contribution in [-0.4, -0.2) is 25.1 Å². The number of anilines is 1. The summed E-state index contributed by atoms with van der Waals surface area (Å²) in [5, 5.41) is 2.63. The zero-order valence-corrected chi connectivity index (χ0v) is 15.3. The Bertz CT molecular complexity index is 978. The first kappa shape index (κ1) is 19.9. The standard InChI is InChI=1S/C22H18FNO5/c23-17-10-4-6-12-19(17)27-15-22(26)28-14-21(25)24-18-11-5-7-13-20(18)29-16-8-2-1-3-9-16/h1-13H,14-15H2,(H,24,25). The summed E-state index contributed by atoms with van der Waals surface area (Å²) in [4.78, 5) is 23.8. The van der Waals surface area contributed by atoms with Crippen LogP contribution in [-0.2, 0) is 14.3 Å². The minimum atomic E-state index is -0.794. The molecule has 0 aliphatic heterocycles.